The molecule has 18 heavy (non-hydrogen) atoms. The van der Waals surface area contributed by atoms with Crippen LogP contribution in [-0.2, 0) is 19.4 Å². The first-order chi connectivity index (χ1) is 8.93. The second-order valence-electron chi connectivity index (χ2n) is 4.68. The van der Waals surface area contributed by atoms with Crippen LogP contribution in [0.1, 0.15) is 24.5 Å². The predicted molar refractivity (Wildman–Crippen MR) is 71.6 cm³/mol. The number of benzene rings is 1. The van der Waals surface area contributed by atoms with Crippen molar-refractivity contribution in [1.82, 2.24) is 14.8 Å². The van der Waals surface area contributed by atoms with Crippen molar-refractivity contribution in [3.63, 3.8) is 0 Å². The van der Waals surface area contributed by atoms with Gasteiger partial charge in [0.2, 0.25) is 0 Å². The summed E-state index contributed by atoms with van der Waals surface area (Å²) in [6.45, 7) is 2.08. The van der Waals surface area contributed by atoms with E-state index in [1.165, 1.54) is 17.9 Å². The summed E-state index contributed by atoms with van der Waals surface area (Å²) in [6, 6.07) is 10.3. The molecule has 1 aliphatic rings. The number of aromatic nitrogens is 3. The Hall–Kier alpha value is -1.84. The molecule has 0 amide bonds. The molecule has 0 bridgehead atoms. The Morgan fingerprint density at radius 1 is 1.17 bits per heavy atom. The summed E-state index contributed by atoms with van der Waals surface area (Å²) in [4.78, 5) is 0. The first-order valence-corrected chi connectivity index (χ1v) is 6.63. The number of nitrogens with one attached hydrogen (secondary N) is 1. The first-order valence-electron chi connectivity index (χ1n) is 6.63. The average molecular weight is 242 g/mol. The molecule has 0 spiro atoms. The van der Waals surface area contributed by atoms with Crippen molar-refractivity contribution in [1.29, 1.82) is 0 Å². The molecule has 4 nitrogen and oxygen atoms in total. The van der Waals surface area contributed by atoms with Gasteiger partial charge in [0.15, 0.2) is 0 Å². The Labute approximate surface area is 107 Å². The number of anilines is 1. The zero-order chi connectivity index (χ0) is 12.2. The highest BCUT2D eigenvalue weighted by Gasteiger charge is 2.16. The second-order valence-corrected chi connectivity index (χ2v) is 4.68. The monoisotopic (exact) mass is 242 g/mol. The molecule has 1 N–H and O–H groups in total. The standard InChI is InChI=1S/C14H18N4/c1-2-6-12(7-3-1)15-10-4-8-13-16-17-14-9-5-11-18(13)14/h1-3,6-7,15H,4-5,8-11H2. The lowest BCUT2D eigenvalue weighted by Gasteiger charge is -2.06. The third kappa shape index (κ3) is 2.37. The van der Waals surface area contributed by atoms with Gasteiger partial charge in [0, 0.05) is 31.6 Å². The molecule has 1 aliphatic heterocycles. The molecule has 3 rings (SSSR count). The number of hydrogen-bond acceptors (Lipinski definition) is 3. The van der Waals surface area contributed by atoms with Crippen LogP contribution in [0.4, 0.5) is 5.69 Å². The fraction of sp³-hybridized carbons (Fsp3) is 0.429. The van der Waals surface area contributed by atoms with Gasteiger partial charge < -0.3 is 9.88 Å². The molecular weight excluding hydrogens is 224 g/mol. The van der Waals surface area contributed by atoms with Gasteiger partial charge in [0.25, 0.3) is 0 Å². The minimum atomic E-state index is 0.978. The van der Waals surface area contributed by atoms with Gasteiger partial charge in [-0.1, -0.05) is 18.2 Å². The Bertz CT molecular complexity index is 504. The van der Waals surface area contributed by atoms with Crippen LogP contribution in [0.2, 0.25) is 0 Å². The topological polar surface area (TPSA) is 42.7 Å². The number of nitrogens with zero attached hydrogens (tertiary/aromatic N) is 3. The molecule has 1 aromatic heterocycles. The first kappa shape index (κ1) is 11.3. The van der Waals surface area contributed by atoms with E-state index >= 15 is 0 Å². The number of rotatable bonds is 5. The smallest absolute Gasteiger partial charge is 0.133 e. The highest BCUT2D eigenvalue weighted by atomic mass is 15.3. The normalized spacial score (nSPS) is 13.6. The summed E-state index contributed by atoms with van der Waals surface area (Å²) in [6.07, 6.45) is 4.41. The van der Waals surface area contributed by atoms with Crippen molar-refractivity contribution in [2.75, 3.05) is 11.9 Å². The van der Waals surface area contributed by atoms with Crippen LogP contribution in [0.5, 0.6) is 0 Å². The van der Waals surface area contributed by atoms with E-state index in [0.717, 1.165) is 38.2 Å². The van der Waals surface area contributed by atoms with Gasteiger partial charge in [0.05, 0.1) is 0 Å². The molecule has 0 fully saturated rings. The molecule has 0 saturated carbocycles. The third-order valence-corrected chi connectivity index (χ3v) is 3.37. The molecule has 0 atom stereocenters. The van der Waals surface area contributed by atoms with Crippen molar-refractivity contribution in [2.45, 2.75) is 32.2 Å². The molecule has 1 aromatic carbocycles. The number of fused-ring (bicyclic) bond motifs is 1. The highest BCUT2D eigenvalue weighted by molar-refractivity contribution is 5.42. The quantitative estimate of drug-likeness (QED) is 0.818. The summed E-state index contributed by atoms with van der Waals surface area (Å²) in [5.41, 5.74) is 1.18. The molecule has 2 aromatic rings. The maximum atomic E-state index is 4.27. The summed E-state index contributed by atoms with van der Waals surface area (Å²) in [7, 11) is 0. The summed E-state index contributed by atoms with van der Waals surface area (Å²) in [5, 5.41) is 11.9. The number of para-hydroxylation sites is 1. The van der Waals surface area contributed by atoms with Gasteiger partial charge in [-0.05, 0) is 25.0 Å². The van der Waals surface area contributed by atoms with Crippen LogP contribution in [0.25, 0.3) is 0 Å². The van der Waals surface area contributed by atoms with Crippen molar-refractivity contribution in [3.05, 3.63) is 42.0 Å². The minimum Gasteiger partial charge on any atom is -0.385 e. The Morgan fingerprint density at radius 3 is 2.94 bits per heavy atom. The summed E-state index contributed by atoms with van der Waals surface area (Å²) >= 11 is 0. The van der Waals surface area contributed by atoms with Crippen molar-refractivity contribution in [2.24, 2.45) is 0 Å². The third-order valence-electron chi connectivity index (χ3n) is 3.37. The molecule has 94 valence electrons. The van der Waals surface area contributed by atoms with E-state index < -0.39 is 0 Å². The van der Waals surface area contributed by atoms with Gasteiger partial charge in [-0.3, -0.25) is 0 Å². The fourth-order valence-electron chi connectivity index (χ4n) is 2.43. The fourth-order valence-corrected chi connectivity index (χ4v) is 2.43. The lowest BCUT2D eigenvalue weighted by molar-refractivity contribution is 0.669. The maximum absolute atomic E-state index is 4.27. The zero-order valence-electron chi connectivity index (χ0n) is 10.5. The van der Waals surface area contributed by atoms with E-state index in [4.69, 9.17) is 0 Å². The zero-order valence-corrected chi connectivity index (χ0v) is 10.5. The van der Waals surface area contributed by atoms with Crippen molar-refractivity contribution >= 4 is 5.69 Å². The lowest BCUT2D eigenvalue weighted by atomic mass is 10.2. The van der Waals surface area contributed by atoms with Gasteiger partial charge >= 0.3 is 0 Å². The van der Waals surface area contributed by atoms with Crippen molar-refractivity contribution in [3.8, 4) is 0 Å². The number of hydrogen-bond donors (Lipinski definition) is 1. The molecular formula is C14H18N4. The summed E-state index contributed by atoms with van der Waals surface area (Å²) < 4.78 is 2.28. The molecule has 0 saturated heterocycles. The minimum absolute atomic E-state index is 0.978. The molecule has 2 heterocycles. The van der Waals surface area contributed by atoms with Gasteiger partial charge in [-0.2, -0.15) is 0 Å². The Morgan fingerprint density at radius 2 is 2.06 bits per heavy atom. The second kappa shape index (κ2) is 5.21. The van der Waals surface area contributed by atoms with Crippen LogP contribution >= 0.6 is 0 Å². The predicted octanol–water partition coefficient (Wildman–Crippen LogP) is 2.27. The summed E-state index contributed by atoms with van der Waals surface area (Å²) in [5.74, 6) is 2.32. The van der Waals surface area contributed by atoms with E-state index in [0.29, 0.717) is 0 Å². The van der Waals surface area contributed by atoms with Gasteiger partial charge in [-0.15, -0.1) is 10.2 Å². The van der Waals surface area contributed by atoms with Crippen LogP contribution in [0.3, 0.4) is 0 Å². The molecule has 4 heteroatoms. The van der Waals surface area contributed by atoms with Crippen LogP contribution in [0, 0.1) is 0 Å². The van der Waals surface area contributed by atoms with Gasteiger partial charge in [0.1, 0.15) is 11.6 Å². The SMILES string of the molecule is c1ccc(NCCCc2nnc3n2CCC3)cc1. The van der Waals surface area contributed by atoms with E-state index in [1.807, 2.05) is 18.2 Å². The van der Waals surface area contributed by atoms with E-state index in [1.54, 1.807) is 0 Å². The highest BCUT2D eigenvalue weighted by Crippen LogP contribution is 2.15. The molecule has 0 aliphatic carbocycles. The van der Waals surface area contributed by atoms with Gasteiger partial charge in [-0.25, -0.2) is 0 Å². The molecule has 0 radical (unpaired) electrons. The Balaban J connectivity index is 1.47. The van der Waals surface area contributed by atoms with Crippen LogP contribution in [-0.4, -0.2) is 21.3 Å². The lowest BCUT2D eigenvalue weighted by Crippen LogP contribution is -2.06. The average Bonchev–Trinajstić information content (AvgIpc) is 3.00. The largest absolute Gasteiger partial charge is 0.385 e. The van der Waals surface area contributed by atoms with Crippen molar-refractivity contribution < 1.29 is 0 Å². The Kier molecular flexibility index (Phi) is 3.26. The van der Waals surface area contributed by atoms with Crippen LogP contribution < -0.4 is 5.32 Å². The van der Waals surface area contributed by atoms with E-state index in [9.17, 15) is 0 Å². The van der Waals surface area contributed by atoms with E-state index in [-0.39, 0.29) is 0 Å². The maximum Gasteiger partial charge on any atom is 0.133 e. The van der Waals surface area contributed by atoms with E-state index in [2.05, 4.69) is 32.2 Å². The number of aryl methyl sites for hydroxylation is 2. The molecule has 0 unspecified atom stereocenters. The van der Waals surface area contributed by atoms with Crippen LogP contribution in [0.15, 0.2) is 30.3 Å².